The van der Waals surface area contributed by atoms with Gasteiger partial charge in [-0.1, -0.05) is 12.1 Å². The Labute approximate surface area is 194 Å². The highest BCUT2D eigenvalue weighted by Crippen LogP contribution is 2.44. The third kappa shape index (κ3) is 4.71. The summed E-state index contributed by atoms with van der Waals surface area (Å²) in [6.07, 6.45) is -4.65. The van der Waals surface area contributed by atoms with Gasteiger partial charge in [-0.25, -0.2) is 4.98 Å². The van der Waals surface area contributed by atoms with Crippen LogP contribution in [0.3, 0.4) is 0 Å². The smallest absolute Gasteiger partial charge is 0.419 e. The van der Waals surface area contributed by atoms with Crippen LogP contribution >= 0.6 is 0 Å². The quantitative estimate of drug-likeness (QED) is 0.308. The lowest BCUT2D eigenvalue weighted by molar-refractivity contribution is -0.136. The summed E-state index contributed by atoms with van der Waals surface area (Å²) in [7, 11) is 4.50. The molecule has 0 aliphatic carbocycles. The first-order valence-electron chi connectivity index (χ1n) is 10.3. The fourth-order valence-electron chi connectivity index (χ4n) is 3.62. The fraction of sp³-hybridized carbons (Fsp3) is 0.192. The molecule has 1 aromatic heterocycles. The Kier molecular flexibility index (Phi) is 6.49. The molecule has 0 atom stereocenters. The molecule has 4 rings (SSSR count). The van der Waals surface area contributed by atoms with E-state index in [1.165, 1.54) is 32.4 Å². The lowest BCUT2D eigenvalue weighted by atomic mass is 9.98. The van der Waals surface area contributed by atoms with Crippen LogP contribution in [0.1, 0.15) is 11.1 Å². The number of hydrogen-bond acceptors (Lipinski definition) is 5. The van der Waals surface area contributed by atoms with Crippen molar-refractivity contribution in [1.82, 2.24) is 4.98 Å². The van der Waals surface area contributed by atoms with Gasteiger partial charge in [-0.15, -0.1) is 0 Å². The van der Waals surface area contributed by atoms with Crippen molar-refractivity contribution in [3.8, 4) is 34.4 Å². The number of aromatic nitrogens is 1. The number of ether oxygens (including phenoxy) is 4. The summed E-state index contributed by atoms with van der Waals surface area (Å²) in [6, 6.07) is 17.8. The molecule has 8 heteroatoms. The molecule has 1 heterocycles. The van der Waals surface area contributed by atoms with Gasteiger partial charge in [0.25, 0.3) is 0 Å². The van der Waals surface area contributed by atoms with Crippen LogP contribution < -0.4 is 18.9 Å². The lowest BCUT2D eigenvalue weighted by Crippen LogP contribution is -2.11. The van der Waals surface area contributed by atoms with Crippen LogP contribution in [0.4, 0.5) is 13.2 Å². The maximum atomic E-state index is 14.3. The van der Waals surface area contributed by atoms with Gasteiger partial charge < -0.3 is 18.9 Å². The van der Waals surface area contributed by atoms with Crippen molar-refractivity contribution < 1.29 is 32.1 Å². The highest BCUT2D eigenvalue weighted by atomic mass is 19.4. The zero-order valence-corrected chi connectivity index (χ0v) is 18.8. The minimum atomic E-state index is -4.65. The van der Waals surface area contributed by atoms with Gasteiger partial charge in [0, 0.05) is 16.3 Å². The second-order valence-corrected chi connectivity index (χ2v) is 7.42. The largest absolute Gasteiger partial charge is 0.497 e. The summed E-state index contributed by atoms with van der Waals surface area (Å²) in [5.74, 6) is 1.68. The second-order valence-electron chi connectivity index (χ2n) is 7.42. The summed E-state index contributed by atoms with van der Waals surface area (Å²) in [5.41, 5.74) is 0.0364. The van der Waals surface area contributed by atoms with Crippen molar-refractivity contribution in [3.05, 3.63) is 77.9 Å². The Morgan fingerprint density at radius 3 is 1.82 bits per heavy atom. The minimum Gasteiger partial charge on any atom is -0.497 e. The van der Waals surface area contributed by atoms with E-state index < -0.39 is 11.7 Å². The Hall–Kier alpha value is -3.94. The molecule has 4 aromatic rings. The predicted octanol–water partition coefficient (Wildman–Crippen LogP) is 6.53. The Bertz CT molecular complexity index is 1290. The molecule has 0 bridgehead atoms. The second kappa shape index (κ2) is 9.51. The molecule has 0 saturated heterocycles. The summed E-state index contributed by atoms with van der Waals surface area (Å²) < 4.78 is 64.4. The molecule has 0 radical (unpaired) electrons. The van der Waals surface area contributed by atoms with Crippen molar-refractivity contribution in [2.24, 2.45) is 0 Å². The topological polar surface area (TPSA) is 49.8 Å². The maximum Gasteiger partial charge on any atom is 0.419 e. The number of benzene rings is 3. The number of hydrogen-bond donors (Lipinski definition) is 0. The molecule has 0 amide bonds. The molecule has 0 fully saturated rings. The van der Waals surface area contributed by atoms with Crippen molar-refractivity contribution in [1.29, 1.82) is 0 Å². The van der Waals surface area contributed by atoms with Gasteiger partial charge >= 0.3 is 6.18 Å². The number of methoxy groups -OCH3 is 3. The molecule has 0 unspecified atom stereocenters. The summed E-state index contributed by atoms with van der Waals surface area (Å²) in [6.45, 7) is 0.108. The molecule has 176 valence electrons. The Morgan fingerprint density at radius 2 is 1.26 bits per heavy atom. The first-order valence-corrected chi connectivity index (χ1v) is 10.3. The number of halogens is 3. The van der Waals surface area contributed by atoms with Crippen LogP contribution in [0, 0.1) is 0 Å². The number of rotatable bonds is 7. The average molecular weight is 469 g/mol. The van der Waals surface area contributed by atoms with Gasteiger partial charge in [0.2, 0.25) is 5.88 Å². The van der Waals surface area contributed by atoms with E-state index in [9.17, 15) is 13.2 Å². The average Bonchev–Trinajstić information content (AvgIpc) is 2.86. The summed E-state index contributed by atoms with van der Waals surface area (Å²) >= 11 is 0. The Balaban J connectivity index is 1.88. The number of pyridine rings is 1. The first-order chi connectivity index (χ1) is 16.3. The molecule has 3 aromatic carbocycles. The minimum absolute atomic E-state index is 0.0288. The van der Waals surface area contributed by atoms with Gasteiger partial charge in [-0.2, -0.15) is 13.2 Å². The number of fused-ring (bicyclic) bond motifs is 1. The molecule has 0 aliphatic rings. The van der Waals surface area contributed by atoms with E-state index in [1.807, 2.05) is 12.1 Å². The van der Waals surface area contributed by atoms with Crippen molar-refractivity contribution >= 4 is 10.8 Å². The standard InChI is InChI=1S/C26H22F3NO4/c1-31-18-8-4-16(5-9-18)15-34-25-22-14-20(33-3)12-13-21(22)23(26(27,28)29)24(30-25)17-6-10-19(32-2)11-7-17/h4-14H,15H2,1-3H3. The molecular weight excluding hydrogens is 447 g/mol. The van der Waals surface area contributed by atoms with Gasteiger partial charge in [0.05, 0.1) is 32.6 Å². The van der Waals surface area contributed by atoms with E-state index in [-0.39, 0.29) is 29.0 Å². The Morgan fingerprint density at radius 1 is 0.706 bits per heavy atom. The normalized spacial score (nSPS) is 11.4. The SMILES string of the molecule is COc1ccc(COc2nc(-c3ccc(OC)cc3)c(C(F)(F)F)c3ccc(OC)cc23)cc1. The van der Waals surface area contributed by atoms with Crippen LogP contribution in [-0.2, 0) is 12.8 Å². The van der Waals surface area contributed by atoms with E-state index >= 15 is 0 Å². The van der Waals surface area contributed by atoms with Crippen molar-refractivity contribution in [2.75, 3.05) is 21.3 Å². The zero-order valence-electron chi connectivity index (χ0n) is 18.8. The lowest BCUT2D eigenvalue weighted by Gasteiger charge is -2.19. The highest BCUT2D eigenvalue weighted by Gasteiger charge is 2.38. The van der Waals surface area contributed by atoms with Crippen molar-refractivity contribution in [2.45, 2.75) is 12.8 Å². The van der Waals surface area contributed by atoms with Crippen LogP contribution in [-0.4, -0.2) is 26.3 Å². The van der Waals surface area contributed by atoms with E-state index in [2.05, 4.69) is 4.98 Å². The van der Waals surface area contributed by atoms with Crippen molar-refractivity contribution in [3.63, 3.8) is 0 Å². The van der Waals surface area contributed by atoms with Gasteiger partial charge in [-0.3, -0.25) is 0 Å². The number of alkyl halides is 3. The van der Waals surface area contributed by atoms with Crippen LogP contribution in [0.2, 0.25) is 0 Å². The zero-order chi connectivity index (χ0) is 24.3. The fourth-order valence-corrected chi connectivity index (χ4v) is 3.62. The first kappa shape index (κ1) is 23.2. The summed E-state index contributed by atoms with van der Waals surface area (Å²) in [4.78, 5) is 4.35. The molecule has 34 heavy (non-hydrogen) atoms. The molecule has 0 aliphatic heterocycles. The summed E-state index contributed by atoms with van der Waals surface area (Å²) in [5, 5.41) is 0.177. The molecule has 0 N–H and O–H groups in total. The van der Waals surface area contributed by atoms with Crippen LogP contribution in [0.25, 0.3) is 22.0 Å². The highest BCUT2D eigenvalue weighted by molar-refractivity contribution is 5.95. The third-order valence-corrected chi connectivity index (χ3v) is 5.36. The molecule has 0 spiro atoms. The molecular formula is C26H22F3NO4. The maximum absolute atomic E-state index is 14.3. The molecule has 0 saturated carbocycles. The van der Waals surface area contributed by atoms with Gasteiger partial charge in [-0.05, 0) is 60.2 Å². The van der Waals surface area contributed by atoms with E-state index in [4.69, 9.17) is 18.9 Å². The van der Waals surface area contributed by atoms with Crippen LogP contribution in [0.5, 0.6) is 23.1 Å². The van der Waals surface area contributed by atoms with E-state index in [1.54, 1.807) is 43.5 Å². The van der Waals surface area contributed by atoms with Gasteiger partial charge in [0.15, 0.2) is 0 Å². The van der Waals surface area contributed by atoms with E-state index in [0.717, 1.165) is 5.56 Å². The van der Waals surface area contributed by atoms with Crippen LogP contribution in [0.15, 0.2) is 66.7 Å². The number of nitrogens with zero attached hydrogens (tertiary/aromatic N) is 1. The van der Waals surface area contributed by atoms with E-state index in [0.29, 0.717) is 22.8 Å². The third-order valence-electron chi connectivity index (χ3n) is 5.36. The molecule has 5 nitrogen and oxygen atoms in total. The van der Waals surface area contributed by atoms with Gasteiger partial charge in [0.1, 0.15) is 23.9 Å². The monoisotopic (exact) mass is 469 g/mol. The predicted molar refractivity (Wildman–Crippen MR) is 123 cm³/mol.